The number of rotatable bonds is 17. The van der Waals surface area contributed by atoms with Crippen LogP contribution in [0.2, 0.25) is 20.1 Å². The molecule has 0 aromatic heterocycles. The normalized spacial score (nSPS) is 17.6. The minimum absolute atomic E-state index is 0.0617. The number of benzene rings is 3. The Hall–Kier alpha value is -2.68. The van der Waals surface area contributed by atoms with E-state index >= 15 is 0 Å². The van der Waals surface area contributed by atoms with Crippen LogP contribution in [0.15, 0.2) is 54.6 Å². The van der Waals surface area contributed by atoms with Gasteiger partial charge in [-0.25, -0.2) is 0 Å². The highest BCUT2D eigenvalue weighted by Crippen LogP contribution is 2.39. The first-order valence-corrected chi connectivity index (χ1v) is 17.6. The van der Waals surface area contributed by atoms with E-state index in [2.05, 4.69) is 5.32 Å². The van der Waals surface area contributed by atoms with E-state index in [1.165, 1.54) is 0 Å². The molecule has 11 heteroatoms. The molecule has 1 amide bonds. The lowest BCUT2D eigenvalue weighted by Crippen LogP contribution is -2.42. The predicted molar refractivity (Wildman–Crippen MR) is 187 cm³/mol. The lowest BCUT2D eigenvalue weighted by Gasteiger charge is -2.28. The molecular weight excluding hydrogens is 682 g/mol. The molecule has 252 valence electrons. The van der Waals surface area contributed by atoms with E-state index in [4.69, 9.17) is 60.6 Å². The number of halogens is 4. The maximum atomic E-state index is 14.2. The predicted octanol–water partition coefficient (Wildman–Crippen LogP) is 8.21. The zero-order chi connectivity index (χ0) is 33.5. The molecule has 2 aliphatic carbocycles. The third kappa shape index (κ3) is 9.93. The molecule has 1 N–H and O–H groups in total. The summed E-state index contributed by atoms with van der Waals surface area (Å²) in [4.78, 5) is 28.2. The van der Waals surface area contributed by atoms with Crippen molar-refractivity contribution in [2.45, 2.75) is 52.1 Å². The molecule has 47 heavy (non-hydrogen) atoms. The Morgan fingerprint density at radius 1 is 0.957 bits per heavy atom. The van der Waals surface area contributed by atoms with Gasteiger partial charge in [0, 0.05) is 19.1 Å². The monoisotopic (exact) mass is 720 g/mol. The van der Waals surface area contributed by atoms with Crippen molar-refractivity contribution in [1.29, 1.82) is 0 Å². The van der Waals surface area contributed by atoms with Crippen molar-refractivity contribution in [1.82, 2.24) is 10.2 Å². The van der Waals surface area contributed by atoms with Crippen LogP contribution in [0.5, 0.6) is 11.5 Å². The van der Waals surface area contributed by atoms with E-state index in [0.29, 0.717) is 70.9 Å². The van der Waals surface area contributed by atoms with Crippen molar-refractivity contribution >= 4 is 58.3 Å². The lowest BCUT2D eigenvalue weighted by atomic mass is 9.97. The average Bonchev–Trinajstić information content (AvgIpc) is 3.97. The summed E-state index contributed by atoms with van der Waals surface area (Å²) in [6.07, 6.45) is 3.28. The van der Waals surface area contributed by atoms with Gasteiger partial charge < -0.3 is 24.4 Å². The van der Waals surface area contributed by atoms with Crippen LogP contribution in [0.4, 0.5) is 0 Å². The number of nitrogens with one attached hydrogen (secondary N) is 1. The molecule has 2 fully saturated rings. The molecule has 3 unspecified atom stereocenters. The zero-order valence-corrected chi connectivity index (χ0v) is 29.6. The van der Waals surface area contributed by atoms with Crippen molar-refractivity contribution in [2.24, 2.45) is 17.8 Å². The molecule has 0 saturated heterocycles. The molecule has 5 rings (SSSR count). The number of carbonyl (C=O) groups excluding carboxylic acids is 2. The van der Waals surface area contributed by atoms with Gasteiger partial charge in [-0.15, -0.1) is 0 Å². The Bertz CT molecular complexity index is 1530. The van der Waals surface area contributed by atoms with E-state index in [-0.39, 0.29) is 42.3 Å². The first-order valence-electron chi connectivity index (χ1n) is 16.1. The molecule has 0 radical (unpaired) electrons. The largest absolute Gasteiger partial charge is 0.490 e. The lowest BCUT2D eigenvalue weighted by molar-refractivity contribution is -0.145. The van der Waals surface area contributed by atoms with Crippen molar-refractivity contribution < 1.29 is 23.8 Å². The van der Waals surface area contributed by atoms with Gasteiger partial charge in [0.1, 0.15) is 19.0 Å². The maximum absolute atomic E-state index is 14.2. The quantitative estimate of drug-likeness (QED) is 0.112. The third-order valence-electron chi connectivity index (χ3n) is 8.45. The van der Waals surface area contributed by atoms with Crippen LogP contribution < -0.4 is 14.8 Å². The van der Waals surface area contributed by atoms with Gasteiger partial charge in [0.25, 0.3) is 0 Å². The molecule has 0 aliphatic heterocycles. The summed E-state index contributed by atoms with van der Waals surface area (Å²) in [7, 11) is 0. The smallest absolute Gasteiger partial charge is 0.309 e. The van der Waals surface area contributed by atoms with Crippen molar-refractivity contribution in [3.63, 3.8) is 0 Å². The van der Waals surface area contributed by atoms with Gasteiger partial charge in [-0.1, -0.05) is 70.7 Å². The molecule has 3 aromatic rings. The minimum atomic E-state index is -0.322. The topological polar surface area (TPSA) is 77.1 Å². The number of esters is 1. The number of nitrogens with zero attached hydrogens (tertiary/aromatic N) is 1. The molecule has 0 heterocycles. The Morgan fingerprint density at radius 3 is 2.34 bits per heavy atom. The van der Waals surface area contributed by atoms with Gasteiger partial charge in [-0.05, 0) is 99.0 Å². The van der Waals surface area contributed by atoms with Gasteiger partial charge >= 0.3 is 5.97 Å². The molecule has 3 aromatic carbocycles. The van der Waals surface area contributed by atoms with Gasteiger partial charge in [0.05, 0.1) is 38.5 Å². The average molecular weight is 723 g/mol. The molecule has 0 spiro atoms. The molecule has 2 saturated carbocycles. The van der Waals surface area contributed by atoms with Crippen molar-refractivity contribution in [2.75, 3.05) is 32.9 Å². The SMILES string of the molecule is CCOC(=O)C1CC1CNCC(Cc1ccc(OCCOc2c(Cl)cc(C)cc2Cl)cc1)C(=O)N(Cc1cccc(Cl)c1Cl)C1CC1. The minimum Gasteiger partial charge on any atom is -0.490 e. The molecule has 3 atom stereocenters. The van der Waals surface area contributed by atoms with E-state index in [9.17, 15) is 9.59 Å². The van der Waals surface area contributed by atoms with Crippen LogP contribution >= 0.6 is 46.4 Å². The number of amides is 1. The summed E-state index contributed by atoms with van der Waals surface area (Å²) >= 11 is 25.4. The van der Waals surface area contributed by atoms with Gasteiger partial charge in [-0.3, -0.25) is 9.59 Å². The number of hydrogen-bond acceptors (Lipinski definition) is 6. The van der Waals surface area contributed by atoms with Crippen LogP contribution in [0.1, 0.15) is 42.9 Å². The van der Waals surface area contributed by atoms with Crippen LogP contribution in [-0.4, -0.2) is 55.7 Å². The standard InChI is InChI=1S/C36H40Cl4N2O5/c1-3-45-36(44)29-18-25(29)19-41-20-26(35(43)42(27-9-10-27)21-24-5-4-6-30(37)33(24)40)17-23-7-11-28(12-8-23)46-13-14-47-34-31(38)15-22(2)16-32(34)39/h4-8,11-12,15-16,25-27,29,41H,3,9-10,13-14,17-21H2,1-2H3. The van der Waals surface area contributed by atoms with E-state index < -0.39 is 0 Å². The zero-order valence-electron chi connectivity index (χ0n) is 26.6. The number of aryl methyl sites for hydroxylation is 1. The van der Waals surface area contributed by atoms with Crippen LogP contribution in [0, 0.1) is 24.7 Å². The second kappa shape index (κ2) is 16.6. The molecule has 2 aliphatic rings. The number of hydrogen-bond donors (Lipinski definition) is 1. The first kappa shape index (κ1) is 35.6. The first-order chi connectivity index (χ1) is 22.6. The Labute approximate surface area is 296 Å². The van der Waals surface area contributed by atoms with E-state index in [0.717, 1.165) is 36.0 Å². The Balaban J connectivity index is 1.21. The Kier molecular flexibility index (Phi) is 12.6. The van der Waals surface area contributed by atoms with Gasteiger partial charge in [-0.2, -0.15) is 0 Å². The number of ether oxygens (including phenoxy) is 3. The number of carbonyl (C=O) groups is 2. The van der Waals surface area contributed by atoms with Crippen molar-refractivity contribution in [3.8, 4) is 11.5 Å². The maximum Gasteiger partial charge on any atom is 0.309 e. The van der Waals surface area contributed by atoms with Gasteiger partial charge in [0.2, 0.25) is 5.91 Å². The van der Waals surface area contributed by atoms with E-state index in [1.807, 2.05) is 55.1 Å². The summed E-state index contributed by atoms with van der Waals surface area (Å²) in [6.45, 7) is 6.24. The van der Waals surface area contributed by atoms with E-state index in [1.54, 1.807) is 18.2 Å². The molecule has 0 bridgehead atoms. The summed E-state index contributed by atoms with van der Waals surface area (Å²) in [5, 5.41) is 5.36. The third-order valence-corrected chi connectivity index (χ3v) is 9.87. The fourth-order valence-corrected chi connectivity index (χ4v) is 6.78. The summed E-state index contributed by atoms with van der Waals surface area (Å²) in [6, 6.07) is 17.1. The summed E-state index contributed by atoms with van der Waals surface area (Å²) < 4.78 is 16.8. The summed E-state index contributed by atoms with van der Waals surface area (Å²) in [5.41, 5.74) is 2.80. The van der Waals surface area contributed by atoms with Crippen LogP contribution in [-0.2, 0) is 27.3 Å². The molecular formula is C36H40Cl4N2O5. The fraction of sp³-hybridized carbons (Fsp3) is 0.444. The highest BCUT2D eigenvalue weighted by molar-refractivity contribution is 6.42. The van der Waals surface area contributed by atoms with Gasteiger partial charge in [0.15, 0.2) is 5.75 Å². The van der Waals surface area contributed by atoms with Crippen molar-refractivity contribution in [3.05, 3.63) is 91.4 Å². The van der Waals surface area contributed by atoms with Crippen LogP contribution in [0.25, 0.3) is 0 Å². The summed E-state index contributed by atoms with van der Waals surface area (Å²) in [5.74, 6) is 0.909. The fourth-order valence-electron chi connectivity index (χ4n) is 5.70. The second-order valence-electron chi connectivity index (χ2n) is 12.2. The highest BCUT2D eigenvalue weighted by Gasteiger charge is 2.44. The Morgan fingerprint density at radius 2 is 1.66 bits per heavy atom. The highest BCUT2D eigenvalue weighted by atomic mass is 35.5. The molecule has 7 nitrogen and oxygen atoms in total. The van der Waals surface area contributed by atoms with Crippen LogP contribution in [0.3, 0.4) is 0 Å². The second-order valence-corrected chi connectivity index (χ2v) is 13.8.